The van der Waals surface area contributed by atoms with Crippen molar-refractivity contribution in [2.24, 2.45) is 0 Å². The summed E-state index contributed by atoms with van der Waals surface area (Å²) in [7, 11) is 0. The van der Waals surface area contributed by atoms with Crippen molar-refractivity contribution in [1.82, 2.24) is 9.97 Å². The zero-order chi connectivity index (χ0) is 8.27. The monoisotopic (exact) mass is 171 g/mol. The second-order valence-corrected chi connectivity index (χ2v) is 2.27. The maximum Gasteiger partial charge on any atom is 0.132 e. The second-order valence-electron chi connectivity index (χ2n) is 1.88. The molecule has 0 fully saturated rings. The van der Waals surface area contributed by atoms with E-state index in [-0.39, 0.29) is 11.6 Å². The lowest BCUT2D eigenvalue weighted by Gasteiger charge is -1.99. The lowest BCUT2D eigenvalue weighted by atomic mass is 10.3. The molecule has 1 aromatic heterocycles. The summed E-state index contributed by atoms with van der Waals surface area (Å²) in [4.78, 5) is 17.3. The van der Waals surface area contributed by atoms with Crippen molar-refractivity contribution < 1.29 is 9.90 Å². The predicted octanol–water partition coefficient (Wildman–Crippen LogP) is -0.578. The van der Waals surface area contributed by atoms with Crippen molar-refractivity contribution in [2.45, 2.75) is 6.42 Å². The number of carbonyl (C=O) groups is 1. The number of carboxylic acid groups (broad SMARTS) is 1. The van der Waals surface area contributed by atoms with Gasteiger partial charge in [-0.1, -0.05) is 11.6 Å². The summed E-state index contributed by atoms with van der Waals surface area (Å²) in [6, 6.07) is 1.39. The van der Waals surface area contributed by atoms with Crippen LogP contribution in [0, 0.1) is 0 Å². The third-order valence-corrected chi connectivity index (χ3v) is 1.22. The minimum atomic E-state index is -1.18. The fourth-order valence-electron chi connectivity index (χ4n) is 0.615. The molecule has 0 aromatic carbocycles. The maximum atomic E-state index is 10.1. The van der Waals surface area contributed by atoms with Crippen molar-refractivity contribution in [3.63, 3.8) is 0 Å². The molecule has 1 aromatic rings. The topological polar surface area (TPSA) is 65.9 Å². The summed E-state index contributed by atoms with van der Waals surface area (Å²) in [6.07, 6.45) is 0.975. The van der Waals surface area contributed by atoms with E-state index in [1.54, 1.807) is 0 Å². The Morgan fingerprint density at radius 1 is 1.64 bits per heavy atom. The van der Waals surface area contributed by atoms with Crippen LogP contribution in [0.25, 0.3) is 0 Å². The molecule has 1 rings (SSSR count). The first kappa shape index (κ1) is 7.94. The van der Waals surface area contributed by atoms with E-state index >= 15 is 0 Å². The minimum Gasteiger partial charge on any atom is -0.550 e. The van der Waals surface area contributed by atoms with E-state index in [1.807, 2.05) is 0 Å². The Labute approximate surface area is 67.9 Å². The average molecular weight is 172 g/mol. The van der Waals surface area contributed by atoms with Gasteiger partial charge in [0.15, 0.2) is 0 Å². The molecule has 0 N–H and O–H groups in total. The van der Waals surface area contributed by atoms with E-state index in [1.165, 1.54) is 12.4 Å². The van der Waals surface area contributed by atoms with Gasteiger partial charge in [-0.05, 0) is 6.07 Å². The van der Waals surface area contributed by atoms with Gasteiger partial charge in [0.1, 0.15) is 11.5 Å². The summed E-state index contributed by atoms with van der Waals surface area (Å²) in [6.45, 7) is 0. The van der Waals surface area contributed by atoms with Crippen LogP contribution in [0.1, 0.15) is 5.69 Å². The molecule has 0 bridgehead atoms. The third kappa shape index (κ3) is 2.51. The van der Waals surface area contributed by atoms with Crippen LogP contribution in [0.15, 0.2) is 12.4 Å². The zero-order valence-corrected chi connectivity index (χ0v) is 6.21. The van der Waals surface area contributed by atoms with Crippen LogP contribution in [0.3, 0.4) is 0 Å². The van der Waals surface area contributed by atoms with Gasteiger partial charge in [0, 0.05) is 12.4 Å². The Balaban J connectivity index is 2.79. The molecule has 1 heterocycles. The first-order chi connectivity index (χ1) is 5.18. The van der Waals surface area contributed by atoms with Gasteiger partial charge < -0.3 is 9.90 Å². The quantitative estimate of drug-likeness (QED) is 0.559. The van der Waals surface area contributed by atoms with Crippen molar-refractivity contribution >= 4 is 17.6 Å². The predicted molar refractivity (Wildman–Crippen MR) is 35.8 cm³/mol. The fraction of sp³-hybridized carbons (Fsp3) is 0.167. The van der Waals surface area contributed by atoms with Crippen LogP contribution < -0.4 is 5.11 Å². The first-order valence-corrected chi connectivity index (χ1v) is 3.22. The third-order valence-electron chi connectivity index (χ3n) is 1.02. The SMILES string of the molecule is O=C([O-])Cc1cc(Cl)ncn1. The molecular formula is C6H4ClN2O2-. The molecule has 5 heteroatoms. The lowest BCUT2D eigenvalue weighted by Crippen LogP contribution is -2.24. The minimum absolute atomic E-state index is 0.233. The van der Waals surface area contributed by atoms with Crippen LogP contribution in [0.5, 0.6) is 0 Å². The zero-order valence-electron chi connectivity index (χ0n) is 5.45. The molecule has 11 heavy (non-hydrogen) atoms. The van der Waals surface area contributed by atoms with Crippen LogP contribution in [-0.4, -0.2) is 15.9 Å². The Morgan fingerprint density at radius 2 is 2.36 bits per heavy atom. The Bertz CT molecular complexity index is 277. The molecule has 0 aliphatic carbocycles. The van der Waals surface area contributed by atoms with E-state index in [0.717, 1.165) is 0 Å². The van der Waals surface area contributed by atoms with E-state index in [0.29, 0.717) is 5.69 Å². The molecule has 4 nitrogen and oxygen atoms in total. The van der Waals surface area contributed by atoms with Gasteiger partial charge in [0.2, 0.25) is 0 Å². The number of carboxylic acids is 1. The first-order valence-electron chi connectivity index (χ1n) is 2.85. The van der Waals surface area contributed by atoms with Gasteiger partial charge in [-0.15, -0.1) is 0 Å². The van der Waals surface area contributed by atoms with Crippen molar-refractivity contribution in [2.75, 3.05) is 0 Å². The fourth-order valence-corrected chi connectivity index (χ4v) is 0.784. The smallest absolute Gasteiger partial charge is 0.132 e. The highest BCUT2D eigenvalue weighted by Gasteiger charge is 1.95. The summed E-state index contributed by atoms with van der Waals surface area (Å²) in [5.41, 5.74) is 0.352. The molecule has 0 saturated carbocycles. The van der Waals surface area contributed by atoms with Gasteiger partial charge in [-0.2, -0.15) is 0 Å². The number of aromatic nitrogens is 2. The highest BCUT2D eigenvalue weighted by atomic mass is 35.5. The number of rotatable bonds is 2. The molecule has 0 unspecified atom stereocenters. The number of hydrogen-bond donors (Lipinski definition) is 0. The van der Waals surface area contributed by atoms with Crippen LogP contribution in [-0.2, 0) is 11.2 Å². The van der Waals surface area contributed by atoms with Gasteiger partial charge in [0.05, 0.1) is 5.69 Å². The second kappa shape index (κ2) is 3.30. The maximum absolute atomic E-state index is 10.1. The number of aliphatic carboxylic acids is 1. The molecule has 0 saturated heterocycles. The number of hydrogen-bond acceptors (Lipinski definition) is 4. The highest BCUT2D eigenvalue weighted by molar-refractivity contribution is 6.29. The van der Waals surface area contributed by atoms with Gasteiger partial charge in [-0.25, -0.2) is 9.97 Å². The van der Waals surface area contributed by atoms with Crippen molar-refractivity contribution in [1.29, 1.82) is 0 Å². The van der Waals surface area contributed by atoms with E-state index in [4.69, 9.17) is 11.6 Å². The summed E-state index contributed by atoms with van der Waals surface area (Å²) in [5, 5.41) is 10.3. The Hall–Kier alpha value is -1.16. The van der Waals surface area contributed by atoms with Gasteiger partial charge in [-0.3, -0.25) is 0 Å². The highest BCUT2D eigenvalue weighted by Crippen LogP contribution is 2.03. The molecule has 58 valence electrons. The van der Waals surface area contributed by atoms with Crippen molar-refractivity contribution in [3.05, 3.63) is 23.2 Å². The largest absolute Gasteiger partial charge is 0.550 e. The molecule has 0 aliphatic rings. The Kier molecular flexibility index (Phi) is 2.38. The normalized spacial score (nSPS) is 9.55. The summed E-state index contributed by atoms with van der Waals surface area (Å²) >= 11 is 5.46. The van der Waals surface area contributed by atoms with Crippen molar-refractivity contribution in [3.8, 4) is 0 Å². The number of carbonyl (C=O) groups excluding carboxylic acids is 1. The van der Waals surface area contributed by atoms with E-state index < -0.39 is 5.97 Å². The van der Waals surface area contributed by atoms with E-state index in [2.05, 4.69) is 9.97 Å². The van der Waals surface area contributed by atoms with Gasteiger partial charge in [0.25, 0.3) is 0 Å². The van der Waals surface area contributed by atoms with Crippen LogP contribution >= 0.6 is 11.6 Å². The molecular weight excluding hydrogens is 168 g/mol. The van der Waals surface area contributed by atoms with Gasteiger partial charge >= 0.3 is 0 Å². The Morgan fingerprint density at radius 3 is 2.91 bits per heavy atom. The number of halogens is 1. The molecule has 0 radical (unpaired) electrons. The molecule has 0 aliphatic heterocycles. The lowest BCUT2D eigenvalue weighted by molar-refractivity contribution is -0.304. The summed E-state index contributed by atoms with van der Waals surface area (Å²) in [5.74, 6) is -1.18. The molecule has 0 atom stereocenters. The van der Waals surface area contributed by atoms with Crippen LogP contribution in [0.2, 0.25) is 5.15 Å². The average Bonchev–Trinajstić information content (AvgIpc) is 1.85. The van der Waals surface area contributed by atoms with E-state index in [9.17, 15) is 9.90 Å². The standard InChI is InChI=1S/C6H5ClN2O2/c7-5-1-4(2-6(10)11)8-3-9-5/h1,3H,2H2,(H,10,11)/p-1. The molecule has 0 amide bonds. The van der Waals surface area contributed by atoms with Crippen LogP contribution in [0.4, 0.5) is 0 Å². The molecule has 0 spiro atoms. The summed E-state index contributed by atoms with van der Waals surface area (Å²) < 4.78 is 0. The number of nitrogens with zero attached hydrogens (tertiary/aromatic N) is 2.